The van der Waals surface area contributed by atoms with E-state index in [2.05, 4.69) is 11.9 Å². The molecule has 1 saturated heterocycles. The second kappa shape index (κ2) is 7.38. The van der Waals surface area contributed by atoms with E-state index in [1.807, 2.05) is 11.0 Å². The molecule has 0 bridgehead atoms. The van der Waals surface area contributed by atoms with Crippen molar-refractivity contribution in [3.8, 4) is 0 Å². The molecule has 1 heterocycles. The highest BCUT2D eigenvalue weighted by Gasteiger charge is 2.39. The van der Waals surface area contributed by atoms with E-state index in [-0.39, 0.29) is 35.4 Å². The van der Waals surface area contributed by atoms with E-state index in [1.54, 1.807) is 19.1 Å². The molecular formula is C20H25FN2O2. The molecule has 3 rings (SSSR count). The van der Waals surface area contributed by atoms with Crippen LogP contribution >= 0.6 is 0 Å². The molecule has 1 aliphatic heterocycles. The molecule has 1 aromatic rings. The molecule has 25 heavy (non-hydrogen) atoms. The lowest BCUT2D eigenvalue weighted by molar-refractivity contribution is -0.137. The molecule has 1 saturated carbocycles. The smallest absolute Gasteiger partial charge is 0.225 e. The largest absolute Gasteiger partial charge is 0.352 e. The summed E-state index contributed by atoms with van der Waals surface area (Å²) in [5.41, 5.74) is 1.59. The maximum absolute atomic E-state index is 13.6. The number of hydrogen-bond donors (Lipinski definition) is 1. The van der Waals surface area contributed by atoms with Crippen molar-refractivity contribution in [2.24, 2.45) is 11.8 Å². The normalized spacial score (nSPS) is 23.2. The zero-order valence-corrected chi connectivity index (χ0v) is 14.6. The Morgan fingerprint density at radius 3 is 2.72 bits per heavy atom. The summed E-state index contributed by atoms with van der Waals surface area (Å²) in [6, 6.07) is 5.08. The first-order chi connectivity index (χ1) is 12.0. The summed E-state index contributed by atoms with van der Waals surface area (Å²) >= 11 is 0. The van der Waals surface area contributed by atoms with Gasteiger partial charge in [0, 0.05) is 31.5 Å². The fourth-order valence-electron chi connectivity index (χ4n) is 3.54. The topological polar surface area (TPSA) is 49.4 Å². The Kier molecular flexibility index (Phi) is 5.21. The van der Waals surface area contributed by atoms with E-state index < -0.39 is 0 Å². The number of carbonyl (C=O) groups is 2. The average Bonchev–Trinajstić information content (AvgIpc) is 3.46. The Morgan fingerprint density at radius 2 is 2.08 bits per heavy atom. The predicted molar refractivity (Wildman–Crippen MR) is 94.5 cm³/mol. The number of nitrogens with one attached hydrogen (secondary N) is 1. The predicted octanol–water partition coefficient (Wildman–Crippen LogP) is 2.78. The molecule has 2 aliphatic rings. The monoisotopic (exact) mass is 344 g/mol. The van der Waals surface area contributed by atoms with Gasteiger partial charge >= 0.3 is 0 Å². The molecular weight excluding hydrogens is 319 g/mol. The third-order valence-electron chi connectivity index (χ3n) is 5.13. The molecule has 2 atom stereocenters. The SMILES string of the molecule is C=CCNC(=O)C1CC(c2ccc(F)c(C)c2)CN(C(=O)C2CC2)C1. The third kappa shape index (κ3) is 4.09. The van der Waals surface area contributed by atoms with Crippen LogP contribution < -0.4 is 5.32 Å². The van der Waals surface area contributed by atoms with Crippen LogP contribution in [0.4, 0.5) is 4.39 Å². The minimum atomic E-state index is -0.244. The first-order valence-electron chi connectivity index (χ1n) is 8.93. The van der Waals surface area contributed by atoms with Gasteiger partial charge in [0.05, 0.1) is 5.92 Å². The van der Waals surface area contributed by atoms with Crippen LogP contribution in [0.15, 0.2) is 30.9 Å². The van der Waals surface area contributed by atoms with Crippen molar-refractivity contribution < 1.29 is 14.0 Å². The van der Waals surface area contributed by atoms with Gasteiger partial charge in [0.25, 0.3) is 0 Å². The van der Waals surface area contributed by atoms with E-state index >= 15 is 0 Å². The fraction of sp³-hybridized carbons (Fsp3) is 0.500. The Balaban J connectivity index is 1.80. The number of likely N-dealkylation sites (tertiary alicyclic amines) is 1. The van der Waals surface area contributed by atoms with Gasteiger partial charge in [0.15, 0.2) is 0 Å². The number of benzene rings is 1. The number of nitrogens with zero attached hydrogens (tertiary/aromatic N) is 1. The maximum Gasteiger partial charge on any atom is 0.225 e. The molecule has 1 N–H and O–H groups in total. The minimum absolute atomic E-state index is 0.0444. The molecule has 4 nitrogen and oxygen atoms in total. The van der Waals surface area contributed by atoms with Crippen LogP contribution in [0.1, 0.15) is 36.3 Å². The van der Waals surface area contributed by atoms with Crippen LogP contribution in [0.25, 0.3) is 0 Å². The Labute approximate surface area is 148 Å². The number of halogens is 1. The summed E-state index contributed by atoms with van der Waals surface area (Å²) in [6.07, 6.45) is 4.21. The summed E-state index contributed by atoms with van der Waals surface area (Å²) in [4.78, 5) is 26.8. The second-order valence-electron chi connectivity index (χ2n) is 7.19. The van der Waals surface area contributed by atoms with Crippen molar-refractivity contribution in [2.45, 2.75) is 32.1 Å². The van der Waals surface area contributed by atoms with Crippen molar-refractivity contribution >= 4 is 11.8 Å². The maximum atomic E-state index is 13.6. The van der Waals surface area contributed by atoms with Crippen LogP contribution in [-0.4, -0.2) is 36.3 Å². The fourth-order valence-corrected chi connectivity index (χ4v) is 3.54. The summed E-state index contributed by atoms with van der Waals surface area (Å²) in [5.74, 6) is -0.180. The van der Waals surface area contributed by atoms with Gasteiger partial charge in [-0.15, -0.1) is 6.58 Å². The van der Waals surface area contributed by atoms with Gasteiger partial charge in [0.2, 0.25) is 11.8 Å². The van der Waals surface area contributed by atoms with Gasteiger partial charge in [-0.25, -0.2) is 4.39 Å². The van der Waals surface area contributed by atoms with Crippen molar-refractivity contribution in [1.82, 2.24) is 10.2 Å². The summed E-state index contributed by atoms with van der Waals surface area (Å²) in [6.45, 7) is 6.85. The molecule has 1 aliphatic carbocycles. The van der Waals surface area contributed by atoms with E-state index in [9.17, 15) is 14.0 Å². The highest BCUT2D eigenvalue weighted by Crippen LogP contribution is 2.36. The first-order valence-corrected chi connectivity index (χ1v) is 8.93. The number of amides is 2. The zero-order chi connectivity index (χ0) is 18.0. The van der Waals surface area contributed by atoms with Gasteiger partial charge in [-0.3, -0.25) is 9.59 Å². The molecule has 134 valence electrons. The van der Waals surface area contributed by atoms with Crippen LogP contribution in [0.2, 0.25) is 0 Å². The van der Waals surface area contributed by atoms with Crippen LogP contribution in [0, 0.1) is 24.6 Å². The van der Waals surface area contributed by atoms with Crippen LogP contribution in [-0.2, 0) is 9.59 Å². The third-order valence-corrected chi connectivity index (χ3v) is 5.13. The number of rotatable bonds is 5. The van der Waals surface area contributed by atoms with Gasteiger partial charge in [0.1, 0.15) is 5.82 Å². The average molecular weight is 344 g/mol. The van der Waals surface area contributed by atoms with Crippen LogP contribution in [0.3, 0.4) is 0 Å². The lowest BCUT2D eigenvalue weighted by atomic mass is 9.83. The molecule has 5 heteroatoms. The first kappa shape index (κ1) is 17.6. The van der Waals surface area contributed by atoms with Gasteiger partial charge in [-0.05, 0) is 43.4 Å². The highest BCUT2D eigenvalue weighted by atomic mass is 19.1. The highest BCUT2D eigenvalue weighted by molar-refractivity contribution is 5.83. The van der Waals surface area contributed by atoms with Crippen LogP contribution in [0.5, 0.6) is 0 Å². The Morgan fingerprint density at radius 1 is 1.32 bits per heavy atom. The Bertz CT molecular complexity index is 684. The van der Waals surface area contributed by atoms with Crippen molar-refractivity contribution in [3.05, 3.63) is 47.8 Å². The van der Waals surface area contributed by atoms with Crippen molar-refractivity contribution in [1.29, 1.82) is 0 Å². The van der Waals surface area contributed by atoms with E-state index in [0.29, 0.717) is 31.6 Å². The summed E-state index contributed by atoms with van der Waals surface area (Å²) in [7, 11) is 0. The van der Waals surface area contributed by atoms with Crippen molar-refractivity contribution in [2.75, 3.05) is 19.6 Å². The number of piperidine rings is 1. The lowest BCUT2D eigenvalue weighted by Crippen LogP contribution is -2.48. The van der Waals surface area contributed by atoms with Gasteiger partial charge in [-0.2, -0.15) is 0 Å². The second-order valence-corrected chi connectivity index (χ2v) is 7.19. The van der Waals surface area contributed by atoms with Crippen molar-refractivity contribution in [3.63, 3.8) is 0 Å². The van der Waals surface area contributed by atoms with Gasteiger partial charge < -0.3 is 10.2 Å². The van der Waals surface area contributed by atoms with E-state index in [0.717, 1.165) is 18.4 Å². The molecule has 2 unspecified atom stereocenters. The van der Waals surface area contributed by atoms with Gasteiger partial charge in [-0.1, -0.05) is 18.2 Å². The molecule has 2 amide bonds. The summed E-state index contributed by atoms with van der Waals surface area (Å²) in [5, 5.41) is 2.84. The molecule has 2 fully saturated rings. The lowest BCUT2D eigenvalue weighted by Gasteiger charge is -2.37. The standard InChI is InChI=1S/C20H25FN2O2/c1-3-8-22-19(24)17-10-16(15-6-7-18(21)13(2)9-15)11-23(12-17)20(25)14-4-5-14/h3,6-7,9,14,16-17H,1,4-5,8,10-12H2,2H3,(H,22,24). The van der Waals surface area contributed by atoms with E-state index in [1.165, 1.54) is 6.07 Å². The molecule has 0 aromatic heterocycles. The molecule has 0 radical (unpaired) electrons. The summed E-state index contributed by atoms with van der Waals surface area (Å²) < 4.78 is 13.6. The van der Waals surface area contributed by atoms with E-state index in [4.69, 9.17) is 0 Å². The number of hydrogen-bond acceptors (Lipinski definition) is 2. The quantitative estimate of drug-likeness (QED) is 0.835. The minimum Gasteiger partial charge on any atom is -0.352 e. The Hall–Kier alpha value is -2.17. The number of carbonyl (C=O) groups excluding carboxylic acids is 2. The molecule has 0 spiro atoms. The number of aryl methyl sites for hydroxylation is 1. The molecule has 1 aromatic carbocycles. The zero-order valence-electron chi connectivity index (χ0n) is 14.6.